The smallest absolute Gasteiger partial charge is 0.283 e. The normalized spacial score (nSPS) is 10.8. The Bertz CT molecular complexity index is 552. The van der Waals surface area contributed by atoms with Crippen LogP contribution in [0.2, 0.25) is 0 Å². The maximum Gasteiger partial charge on any atom is 0.283 e. The zero-order chi connectivity index (χ0) is 13.8. The molecule has 1 rings (SSSR count). The lowest BCUT2D eigenvalue weighted by molar-refractivity contribution is -0.385. The van der Waals surface area contributed by atoms with Crippen molar-refractivity contribution >= 4 is 44.0 Å². The van der Waals surface area contributed by atoms with Crippen LogP contribution in [-0.4, -0.2) is 26.4 Å². The Kier molecular flexibility index (Phi) is 7.45. The van der Waals surface area contributed by atoms with Gasteiger partial charge in [0, 0.05) is 12.6 Å². The first-order valence-corrected chi connectivity index (χ1v) is 7.30. The number of nitro benzene ring substituents is 1. The molecule has 1 aromatic rings. The third-order valence-electron chi connectivity index (χ3n) is 2.10. The summed E-state index contributed by atoms with van der Waals surface area (Å²) in [5.74, 6) is 0. The number of halogens is 2. The number of sulfonamides is 1. The predicted octanol–water partition coefficient (Wildman–Crippen LogP) is 1.41. The highest BCUT2D eigenvalue weighted by molar-refractivity contribution is 9.10. The van der Waals surface area contributed by atoms with Crippen molar-refractivity contribution in [2.24, 2.45) is 5.73 Å². The number of rotatable bonds is 6. The molecular weight excluding hydrogens is 362 g/mol. The summed E-state index contributed by atoms with van der Waals surface area (Å²) in [5, 5.41) is 10.6. The van der Waals surface area contributed by atoms with Crippen molar-refractivity contribution in [3.63, 3.8) is 0 Å². The minimum absolute atomic E-state index is 0. The molecule has 0 spiro atoms. The lowest BCUT2D eigenvalue weighted by Gasteiger charge is -2.06. The lowest BCUT2D eigenvalue weighted by Crippen LogP contribution is -2.26. The van der Waals surface area contributed by atoms with Crippen LogP contribution in [0, 0.1) is 10.1 Å². The Morgan fingerprint density at radius 2 is 2.05 bits per heavy atom. The van der Waals surface area contributed by atoms with Crippen LogP contribution >= 0.6 is 28.3 Å². The molecule has 7 nitrogen and oxygen atoms in total. The number of nitro groups is 1. The minimum Gasteiger partial charge on any atom is -0.330 e. The molecular formula is C9H13BrClN3O4S. The Morgan fingerprint density at radius 3 is 2.53 bits per heavy atom. The molecule has 0 amide bonds. The van der Waals surface area contributed by atoms with Gasteiger partial charge in [0.2, 0.25) is 10.0 Å². The second-order valence-corrected chi connectivity index (χ2v) is 6.03. The van der Waals surface area contributed by atoms with Gasteiger partial charge in [-0.2, -0.15) is 0 Å². The number of hydrogen-bond donors (Lipinski definition) is 2. The van der Waals surface area contributed by atoms with Gasteiger partial charge >= 0.3 is 0 Å². The van der Waals surface area contributed by atoms with Crippen LogP contribution in [0.5, 0.6) is 0 Å². The molecule has 3 N–H and O–H groups in total. The molecule has 0 radical (unpaired) electrons. The summed E-state index contributed by atoms with van der Waals surface area (Å²) in [7, 11) is -3.66. The summed E-state index contributed by atoms with van der Waals surface area (Å²) in [4.78, 5) is 9.96. The van der Waals surface area contributed by atoms with E-state index in [0.29, 0.717) is 13.0 Å². The number of nitrogens with zero attached hydrogens (tertiary/aromatic N) is 1. The largest absolute Gasteiger partial charge is 0.330 e. The fourth-order valence-electron chi connectivity index (χ4n) is 1.19. The van der Waals surface area contributed by atoms with Crippen LogP contribution < -0.4 is 10.5 Å². The van der Waals surface area contributed by atoms with Crippen molar-refractivity contribution in [3.8, 4) is 0 Å². The highest BCUT2D eigenvalue weighted by atomic mass is 79.9. The summed E-state index contributed by atoms with van der Waals surface area (Å²) >= 11 is 2.97. The Balaban J connectivity index is 0.00000324. The number of nitrogens with two attached hydrogens (primary N) is 1. The van der Waals surface area contributed by atoms with Gasteiger partial charge in [-0.1, -0.05) is 0 Å². The van der Waals surface area contributed by atoms with Crippen LogP contribution in [0.4, 0.5) is 5.69 Å². The summed E-state index contributed by atoms with van der Waals surface area (Å²) < 4.78 is 26.1. The Morgan fingerprint density at radius 1 is 1.42 bits per heavy atom. The zero-order valence-electron chi connectivity index (χ0n) is 9.71. The van der Waals surface area contributed by atoms with Gasteiger partial charge in [-0.25, -0.2) is 13.1 Å². The molecule has 19 heavy (non-hydrogen) atoms. The summed E-state index contributed by atoms with van der Waals surface area (Å²) in [6.07, 6.45) is 0.521. The average molecular weight is 375 g/mol. The Labute approximate surface area is 125 Å². The van der Waals surface area contributed by atoms with E-state index in [1.807, 2.05) is 0 Å². The first kappa shape index (κ1) is 18.3. The molecule has 0 aliphatic rings. The van der Waals surface area contributed by atoms with E-state index in [1.54, 1.807) is 0 Å². The number of nitrogens with one attached hydrogen (secondary N) is 1. The van der Waals surface area contributed by atoms with E-state index in [4.69, 9.17) is 5.73 Å². The molecule has 10 heteroatoms. The predicted molar refractivity (Wildman–Crippen MR) is 76.9 cm³/mol. The van der Waals surface area contributed by atoms with Crippen LogP contribution in [0.1, 0.15) is 6.42 Å². The molecule has 0 fully saturated rings. The van der Waals surface area contributed by atoms with Crippen LogP contribution in [0.25, 0.3) is 0 Å². The van der Waals surface area contributed by atoms with Crippen molar-refractivity contribution in [1.29, 1.82) is 0 Å². The maximum atomic E-state index is 11.8. The molecule has 1 aromatic carbocycles. The third kappa shape index (κ3) is 5.03. The molecule has 0 aliphatic carbocycles. The number of hydrogen-bond acceptors (Lipinski definition) is 5. The lowest BCUT2D eigenvalue weighted by atomic mass is 10.3. The quantitative estimate of drug-likeness (QED) is 0.444. The van der Waals surface area contributed by atoms with Gasteiger partial charge in [-0.15, -0.1) is 12.4 Å². The van der Waals surface area contributed by atoms with Crippen molar-refractivity contribution in [2.45, 2.75) is 11.3 Å². The SMILES string of the molecule is Cl.NCCCNS(=O)(=O)c1ccc([N+](=O)[O-])c(Br)c1. The first-order valence-electron chi connectivity index (χ1n) is 5.02. The van der Waals surface area contributed by atoms with Gasteiger partial charge in [0.05, 0.1) is 14.3 Å². The van der Waals surface area contributed by atoms with Crippen molar-refractivity contribution in [1.82, 2.24) is 4.72 Å². The average Bonchev–Trinajstić information content (AvgIpc) is 2.28. The molecule has 0 atom stereocenters. The summed E-state index contributed by atoms with van der Waals surface area (Å²) in [5.41, 5.74) is 5.07. The maximum absolute atomic E-state index is 11.8. The molecule has 0 bridgehead atoms. The van der Waals surface area contributed by atoms with Crippen LogP contribution in [-0.2, 0) is 10.0 Å². The van der Waals surface area contributed by atoms with Gasteiger partial charge < -0.3 is 5.73 Å². The van der Waals surface area contributed by atoms with Gasteiger partial charge in [0.15, 0.2) is 0 Å². The summed E-state index contributed by atoms with van der Waals surface area (Å²) in [6.45, 7) is 0.611. The molecule has 0 aromatic heterocycles. The first-order chi connectivity index (χ1) is 8.38. The highest BCUT2D eigenvalue weighted by Crippen LogP contribution is 2.27. The molecule has 0 saturated carbocycles. The second kappa shape index (κ2) is 7.75. The molecule has 108 valence electrons. The van der Waals surface area contributed by atoms with E-state index in [1.165, 1.54) is 12.1 Å². The summed E-state index contributed by atoms with van der Waals surface area (Å²) in [6, 6.07) is 3.53. The monoisotopic (exact) mass is 373 g/mol. The van der Waals surface area contributed by atoms with Gasteiger partial charge in [0.25, 0.3) is 5.69 Å². The van der Waals surface area contributed by atoms with Gasteiger partial charge in [-0.3, -0.25) is 10.1 Å². The van der Waals surface area contributed by atoms with Gasteiger partial charge in [0.1, 0.15) is 0 Å². The number of benzene rings is 1. The topological polar surface area (TPSA) is 115 Å². The Hall–Kier alpha value is -0.740. The van der Waals surface area contributed by atoms with E-state index in [9.17, 15) is 18.5 Å². The van der Waals surface area contributed by atoms with E-state index >= 15 is 0 Å². The highest BCUT2D eigenvalue weighted by Gasteiger charge is 2.18. The van der Waals surface area contributed by atoms with E-state index in [-0.39, 0.29) is 34.0 Å². The van der Waals surface area contributed by atoms with Crippen molar-refractivity contribution in [3.05, 3.63) is 32.8 Å². The van der Waals surface area contributed by atoms with E-state index in [0.717, 1.165) is 6.07 Å². The fourth-order valence-corrected chi connectivity index (χ4v) is 2.97. The van der Waals surface area contributed by atoms with Crippen LogP contribution in [0.15, 0.2) is 27.6 Å². The van der Waals surface area contributed by atoms with Crippen molar-refractivity contribution < 1.29 is 13.3 Å². The molecule has 0 unspecified atom stereocenters. The van der Waals surface area contributed by atoms with E-state index < -0.39 is 14.9 Å². The fraction of sp³-hybridized carbons (Fsp3) is 0.333. The molecule has 0 heterocycles. The van der Waals surface area contributed by atoms with Crippen molar-refractivity contribution in [2.75, 3.05) is 13.1 Å². The zero-order valence-corrected chi connectivity index (χ0v) is 12.9. The molecule has 0 aliphatic heterocycles. The van der Waals surface area contributed by atoms with Gasteiger partial charge in [-0.05, 0) is 41.0 Å². The third-order valence-corrected chi connectivity index (χ3v) is 4.19. The standard InChI is InChI=1S/C9H12BrN3O4S.ClH/c10-8-6-7(2-3-9(8)13(14)15)18(16,17)12-5-1-4-11;/h2-3,6,12H,1,4-5,11H2;1H. The molecule has 0 saturated heterocycles. The van der Waals surface area contributed by atoms with Crippen LogP contribution in [0.3, 0.4) is 0 Å². The minimum atomic E-state index is -3.66. The van der Waals surface area contributed by atoms with E-state index in [2.05, 4.69) is 20.7 Å². The second-order valence-electron chi connectivity index (χ2n) is 3.41.